The second-order valence-corrected chi connectivity index (χ2v) is 7.50. The van der Waals surface area contributed by atoms with E-state index in [1.54, 1.807) is 24.3 Å². The highest BCUT2D eigenvalue weighted by Crippen LogP contribution is 2.17. The quantitative estimate of drug-likeness (QED) is 0.585. The standard InChI is InChI=1S/C21H26ClN5O4/c1-3-14-17(22)26-18(24-14)19(28)25-15-10-11-27(12-16(15)31-4-2)21(30)20(29)23-13-8-6-5-7-9-13/h5-9,15-16H,3-4,10-12H2,1-2H3,(H,23,29)(H,24,26)(H,25,28)/t15-,16+/m0/s1. The molecule has 2 heterocycles. The van der Waals surface area contributed by atoms with Gasteiger partial charge in [-0.15, -0.1) is 0 Å². The SMILES string of the molecule is CCO[C@@H]1CN(C(=O)C(=O)Nc2ccccc2)CC[C@@H]1NC(=O)c1nc(Cl)c(CC)[nH]1. The molecule has 166 valence electrons. The topological polar surface area (TPSA) is 116 Å². The number of aryl methyl sites for hydroxylation is 1. The molecule has 1 aliphatic rings. The number of nitrogens with one attached hydrogen (secondary N) is 3. The van der Waals surface area contributed by atoms with Crippen LogP contribution in [0.5, 0.6) is 0 Å². The molecule has 1 aliphatic heterocycles. The van der Waals surface area contributed by atoms with E-state index in [4.69, 9.17) is 16.3 Å². The summed E-state index contributed by atoms with van der Waals surface area (Å²) < 4.78 is 5.76. The third-order valence-electron chi connectivity index (χ3n) is 5.07. The van der Waals surface area contributed by atoms with Gasteiger partial charge in [-0.3, -0.25) is 14.4 Å². The number of H-pyrrole nitrogens is 1. The van der Waals surface area contributed by atoms with Crippen LogP contribution in [-0.4, -0.2) is 64.4 Å². The van der Waals surface area contributed by atoms with Gasteiger partial charge in [-0.2, -0.15) is 0 Å². The van der Waals surface area contributed by atoms with Crippen LogP contribution in [0.15, 0.2) is 30.3 Å². The first-order chi connectivity index (χ1) is 14.9. The second kappa shape index (κ2) is 10.4. The van der Waals surface area contributed by atoms with Crippen molar-refractivity contribution in [2.45, 2.75) is 38.8 Å². The van der Waals surface area contributed by atoms with Crippen molar-refractivity contribution in [3.8, 4) is 0 Å². The third kappa shape index (κ3) is 5.62. The highest BCUT2D eigenvalue weighted by atomic mass is 35.5. The first-order valence-electron chi connectivity index (χ1n) is 10.2. The van der Waals surface area contributed by atoms with Gasteiger partial charge in [0, 0.05) is 25.4 Å². The summed E-state index contributed by atoms with van der Waals surface area (Å²) in [7, 11) is 0. The smallest absolute Gasteiger partial charge is 0.313 e. The fourth-order valence-electron chi connectivity index (χ4n) is 3.47. The van der Waals surface area contributed by atoms with E-state index in [-0.39, 0.29) is 23.6 Å². The van der Waals surface area contributed by atoms with Gasteiger partial charge in [0.15, 0.2) is 11.0 Å². The lowest BCUT2D eigenvalue weighted by Gasteiger charge is -2.38. The fraction of sp³-hybridized carbons (Fsp3) is 0.429. The summed E-state index contributed by atoms with van der Waals surface area (Å²) in [4.78, 5) is 46.0. The number of rotatable bonds is 6. The predicted molar refractivity (Wildman–Crippen MR) is 116 cm³/mol. The van der Waals surface area contributed by atoms with Gasteiger partial charge in [0.05, 0.1) is 17.8 Å². The Morgan fingerprint density at radius 1 is 1.26 bits per heavy atom. The van der Waals surface area contributed by atoms with Gasteiger partial charge in [-0.25, -0.2) is 4.98 Å². The molecular weight excluding hydrogens is 422 g/mol. The van der Waals surface area contributed by atoms with E-state index >= 15 is 0 Å². The molecule has 1 fully saturated rings. The maximum absolute atomic E-state index is 12.6. The Hall–Kier alpha value is -2.91. The van der Waals surface area contributed by atoms with Gasteiger partial charge >= 0.3 is 11.8 Å². The molecule has 2 aromatic rings. The van der Waals surface area contributed by atoms with Gasteiger partial charge in [-0.05, 0) is 31.9 Å². The number of likely N-dealkylation sites (tertiary alicyclic amines) is 1. The van der Waals surface area contributed by atoms with E-state index in [0.717, 1.165) is 0 Å². The molecule has 0 spiro atoms. The summed E-state index contributed by atoms with van der Waals surface area (Å²) in [6, 6.07) is 8.46. The Labute approximate surface area is 185 Å². The highest BCUT2D eigenvalue weighted by Gasteiger charge is 2.35. The van der Waals surface area contributed by atoms with E-state index < -0.39 is 23.8 Å². The largest absolute Gasteiger partial charge is 0.375 e. The second-order valence-electron chi connectivity index (χ2n) is 7.14. The number of anilines is 1. The maximum atomic E-state index is 12.6. The van der Waals surface area contributed by atoms with E-state index in [2.05, 4.69) is 20.6 Å². The summed E-state index contributed by atoms with van der Waals surface area (Å²) in [6.07, 6.45) is 0.620. The van der Waals surface area contributed by atoms with Crippen molar-refractivity contribution in [2.24, 2.45) is 0 Å². The molecule has 2 atom stereocenters. The predicted octanol–water partition coefficient (Wildman–Crippen LogP) is 2.00. The van der Waals surface area contributed by atoms with E-state index in [0.29, 0.717) is 37.4 Å². The van der Waals surface area contributed by atoms with Crippen LogP contribution in [0.4, 0.5) is 5.69 Å². The molecule has 1 aromatic carbocycles. The van der Waals surface area contributed by atoms with Crippen molar-refractivity contribution in [1.29, 1.82) is 0 Å². The lowest BCUT2D eigenvalue weighted by molar-refractivity contribution is -0.146. The number of carbonyl (C=O) groups excluding carboxylic acids is 3. The molecule has 3 rings (SSSR count). The molecular formula is C21H26ClN5O4. The number of benzene rings is 1. The Kier molecular flexibility index (Phi) is 7.64. The zero-order valence-corrected chi connectivity index (χ0v) is 18.2. The maximum Gasteiger partial charge on any atom is 0.313 e. The number of aromatic nitrogens is 2. The highest BCUT2D eigenvalue weighted by molar-refractivity contribution is 6.39. The van der Waals surface area contributed by atoms with E-state index in [9.17, 15) is 14.4 Å². The van der Waals surface area contributed by atoms with Crippen molar-refractivity contribution < 1.29 is 19.1 Å². The lowest BCUT2D eigenvalue weighted by Crippen LogP contribution is -2.57. The average molecular weight is 448 g/mol. The fourth-order valence-corrected chi connectivity index (χ4v) is 3.73. The molecule has 1 aromatic heterocycles. The van der Waals surface area contributed by atoms with E-state index in [1.807, 2.05) is 19.9 Å². The summed E-state index contributed by atoms with van der Waals surface area (Å²) in [5.74, 6) is -1.60. The van der Waals surface area contributed by atoms with Gasteiger partial charge in [-0.1, -0.05) is 36.7 Å². The average Bonchev–Trinajstić information content (AvgIpc) is 3.16. The number of ether oxygens (including phenoxy) is 1. The van der Waals surface area contributed by atoms with Crippen molar-refractivity contribution in [1.82, 2.24) is 20.2 Å². The molecule has 0 saturated carbocycles. The van der Waals surface area contributed by atoms with Crippen LogP contribution < -0.4 is 10.6 Å². The number of carbonyl (C=O) groups is 3. The molecule has 31 heavy (non-hydrogen) atoms. The lowest BCUT2D eigenvalue weighted by atomic mass is 10.0. The van der Waals surface area contributed by atoms with Crippen LogP contribution >= 0.6 is 11.6 Å². The van der Waals surface area contributed by atoms with Crippen LogP contribution in [-0.2, 0) is 20.7 Å². The number of amides is 3. The number of hydrogen-bond donors (Lipinski definition) is 3. The van der Waals surface area contributed by atoms with Crippen LogP contribution in [0.1, 0.15) is 36.6 Å². The van der Waals surface area contributed by atoms with Gasteiger partial charge in [0.2, 0.25) is 0 Å². The number of nitrogens with zero attached hydrogens (tertiary/aromatic N) is 2. The number of halogens is 1. The van der Waals surface area contributed by atoms with Crippen molar-refractivity contribution >= 4 is 35.0 Å². The summed E-state index contributed by atoms with van der Waals surface area (Å²) in [6.45, 7) is 4.66. The summed E-state index contributed by atoms with van der Waals surface area (Å²) in [5.41, 5.74) is 1.24. The number of imidazole rings is 1. The van der Waals surface area contributed by atoms with Crippen molar-refractivity contribution in [2.75, 3.05) is 25.0 Å². The number of piperidine rings is 1. The molecule has 3 N–H and O–H groups in total. The van der Waals surface area contributed by atoms with E-state index in [1.165, 1.54) is 4.90 Å². The Morgan fingerprint density at radius 2 is 2.00 bits per heavy atom. The minimum atomic E-state index is -0.707. The molecule has 10 heteroatoms. The Bertz CT molecular complexity index is 933. The van der Waals surface area contributed by atoms with Crippen molar-refractivity contribution in [3.05, 3.63) is 47.0 Å². The molecule has 0 radical (unpaired) electrons. The minimum Gasteiger partial charge on any atom is -0.375 e. The van der Waals surface area contributed by atoms with Crippen LogP contribution in [0.2, 0.25) is 5.15 Å². The Morgan fingerprint density at radius 3 is 2.65 bits per heavy atom. The number of hydrogen-bond acceptors (Lipinski definition) is 5. The normalized spacial score (nSPS) is 18.5. The van der Waals surface area contributed by atoms with Gasteiger partial charge in [0.1, 0.15) is 0 Å². The molecule has 9 nitrogen and oxygen atoms in total. The number of aromatic amines is 1. The van der Waals surface area contributed by atoms with Crippen LogP contribution in [0, 0.1) is 0 Å². The monoisotopic (exact) mass is 447 g/mol. The zero-order valence-electron chi connectivity index (χ0n) is 17.5. The molecule has 0 aliphatic carbocycles. The zero-order chi connectivity index (χ0) is 22.4. The van der Waals surface area contributed by atoms with Crippen LogP contribution in [0.25, 0.3) is 0 Å². The molecule has 1 saturated heterocycles. The van der Waals surface area contributed by atoms with Gasteiger partial charge < -0.3 is 25.3 Å². The van der Waals surface area contributed by atoms with Crippen molar-refractivity contribution in [3.63, 3.8) is 0 Å². The molecule has 3 amide bonds. The number of para-hydroxylation sites is 1. The summed E-state index contributed by atoms with van der Waals surface area (Å²) >= 11 is 6.02. The molecule has 0 bridgehead atoms. The first-order valence-corrected chi connectivity index (χ1v) is 10.6. The Balaban J connectivity index is 1.62. The minimum absolute atomic E-state index is 0.137. The molecule has 0 unspecified atom stereocenters. The first kappa shape index (κ1) is 22.8. The third-order valence-corrected chi connectivity index (χ3v) is 5.38. The summed E-state index contributed by atoms with van der Waals surface area (Å²) in [5, 5.41) is 5.78. The van der Waals surface area contributed by atoms with Gasteiger partial charge in [0.25, 0.3) is 5.91 Å². The van der Waals surface area contributed by atoms with Crippen LogP contribution in [0.3, 0.4) is 0 Å².